The maximum Gasteiger partial charge on any atom is 0.194 e. The standard InChI is InChI=1S/C14H11F3.C6H2F4O/c1-9-2-5-12(14(17)6-9)10-3-4-11(8-15)13(16)7-10;7-4-1-3(11-10)2-5(8)6(4)9/h2-7H,8H2,1H3;1-2H. The highest BCUT2D eigenvalue weighted by Gasteiger charge is 2.11. The molecule has 0 aliphatic carbocycles. The molecule has 3 rings (SSSR count). The van der Waals surface area contributed by atoms with E-state index in [-0.39, 0.29) is 5.56 Å². The lowest BCUT2D eigenvalue weighted by molar-refractivity contribution is -0.00711. The first-order chi connectivity index (χ1) is 13.3. The van der Waals surface area contributed by atoms with Gasteiger partial charge in [-0.25, -0.2) is 26.3 Å². The minimum absolute atomic E-state index is 0.0127. The second kappa shape index (κ2) is 9.25. The maximum absolute atomic E-state index is 13.7. The largest absolute Gasteiger partial charge is 0.294 e. The first-order valence-corrected chi connectivity index (χ1v) is 7.80. The van der Waals surface area contributed by atoms with Gasteiger partial charge in [-0.05, 0) is 30.2 Å². The Morgan fingerprint density at radius 1 is 0.750 bits per heavy atom. The molecule has 28 heavy (non-hydrogen) atoms. The van der Waals surface area contributed by atoms with Crippen molar-refractivity contribution in [3.63, 3.8) is 0 Å². The summed E-state index contributed by atoms with van der Waals surface area (Å²) in [5.74, 6) is -6.38. The molecule has 0 saturated heterocycles. The number of benzene rings is 3. The van der Waals surface area contributed by atoms with E-state index in [0.29, 0.717) is 23.3 Å². The zero-order valence-electron chi connectivity index (χ0n) is 14.4. The third-order valence-corrected chi connectivity index (χ3v) is 3.68. The third kappa shape index (κ3) is 5.03. The van der Waals surface area contributed by atoms with Gasteiger partial charge in [0.1, 0.15) is 18.3 Å². The molecular formula is C20H13F7O. The predicted molar refractivity (Wildman–Crippen MR) is 89.4 cm³/mol. The quantitative estimate of drug-likeness (QED) is 0.347. The van der Waals surface area contributed by atoms with E-state index in [9.17, 15) is 30.9 Å². The lowest BCUT2D eigenvalue weighted by Crippen LogP contribution is -1.90. The van der Waals surface area contributed by atoms with Gasteiger partial charge in [0.05, 0.1) is 0 Å². The monoisotopic (exact) mass is 402 g/mol. The average Bonchev–Trinajstić information content (AvgIpc) is 2.66. The van der Waals surface area contributed by atoms with Crippen LogP contribution in [0.3, 0.4) is 0 Å². The second-order valence-corrected chi connectivity index (χ2v) is 5.70. The molecule has 0 radical (unpaired) electrons. The van der Waals surface area contributed by atoms with Crippen LogP contribution in [0.15, 0.2) is 48.5 Å². The van der Waals surface area contributed by atoms with Crippen molar-refractivity contribution >= 4 is 0 Å². The van der Waals surface area contributed by atoms with Crippen molar-refractivity contribution in [3.8, 4) is 16.9 Å². The van der Waals surface area contributed by atoms with E-state index in [1.165, 1.54) is 18.2 Å². The molecule has 0 amide bonds. The molecule has 0 aromatic heterocycles. The van der Waals surface area contributed by atoms with Gasteiger partial charge >= 0.3 is 0 Å². The number of alkyl halides is 1. The van der Waals surface area contributed by atoms with Crippen molar-refractivity contribution in [2.45, 2.75) is 13.6 Å². The summed E-state index contributed by atoms with van der Waals surface area (Å²) in [5, 5.41) is 0. The van der Waals surface area contributed by atoms with Crippen LogP contribution in [0.2, 0.25) is 0 Å². The van der Waals surface area contributed by atoms with Crippen LogP contribution in [0.4, 0.5) is 30.9 Å². The SMILES string of the molecule is Cc1ccc(-c2ccc(CF)c(F)c2)c(F)c1.FOc1cc(F)c(F)c(F)c1. The van der Waals surface area contributed by atoms with Crippen molar-refractivity contribution in [3.05, 3.63) is 88.7 Å². The van der Waals surface area contributed by atoms with Crippen molar-refractivity contribution < 1.29 is 35.8 Å². The Hall–Kier alpha value is -3.03. The topological polar surface area (TPSA) is 9.23 Å². The minimum atomic E-state index is -1.65. The van der Waals surface area contributed by atoms with Crippen LogP contribution in [-0.2, 0) is 6.67 Å². The molecule has 0 aliphatic heterocycles. The molecule has 0 unspecified atom stereocenters. The highest BCUT2D eigenvalue weighted by atomic mass is 19.3. The normalized spacial score (nSPS) is 10.3. The molecule has 3 aromatic rings. The molecular weight excluding hydrogens is 389 g/mol. The first-order valence-electron chi connectivity index (χ1n) is 7.80. The predicted octanol–water partition coefficient (Wildman–Crippen LogP) is 6.78. The second-order valence-electron chi connectivity index (χ2n) is 5.70. The summed E-state index contributed by atoms with van der Waals surface area (Å²) < 4.78 is 87.1. The highest BCUT2D eigenvalue weighted by molar-refractivity contribution is 5.65. The summed E-state index contributed by atoms with van der Waals surface area (Å²) in [6.07, 6.45) is 0. The van der Waals surface area contributed by atoms with Gasteiger partial charge < -0.3 is 0 Å². The van der Waals surface area contributed by atoms with Gasteiger partial charge in [-0.3, -0.25) is 4.94 Å². The molecule has 3 aromatic carbocycles. The van der Waals surface area contributed by atoms with Crippen LogP contribution in [0.25, 0.3) is 11.1 Å². The van der Waals surface area contributed by atoms with Crippen molar-refractivity contribution in [2.24, 2.45) is 0 Å². The Morgan fingerprint density at radius 2 is 1.39 bits per heavy atom. The number of rotatable bonds is 3. The molecule has 0 fully saturated rings. The number of hydrogen-bond donors (Lipinski definition) is 0. The van der Waals surface area contributed by atoms with Crippen LogP contribution >= 0.6 is 0 Å². The molecule has 0 atom stereocenters. The molecule has 0 bridgehead atoms. The Labute approximate surface area is 155 Å². The van der Waals surface area contributed by atoms with E-state index in [1.807, 2.05) is 0 Å². The van der Waals surface area contributed by atoms with Crippen molar-refractivity contribution in [1.29, 1.82) is 0 Å². The fourth-order valence-electron chi connectivity index (χ4n) is 2.25. The lowest BCUT2D eigenvalue weighted by Gasteiger charge is -2.06. The molecule has 148 valence electrons. The zero-order chi connectivity index (χ0) is 20.8. The Balaban J connectivity index is 0.000000221. The van der Waals surface area contributed by atoms with E-state index in [4.69, 9.17) is 0 Å². The van der Waals surface area contributed by atoms with Crippen molar-refractivity contribution in [2.75, 3.05) is 0 Å². The van der Waals surface area contributed by atoms with Crippen LogP contribution in [-0.4, -0.2) is 0 Å². The van der Waals surface area contributed by atoms with E-state index in [0.717, 1.165) is 11.6 Å². The van der Waals surface area contributed by atoms with Crippen LogP contribution < -0.4 is 4.94 Å². The van der Waals surface area contributed by atoms with E-state index >= 15 is 0 Å². The van der Waals surface area contributed by atoms with Gasteiger partial charge in [0.2, 0.25) is 0 Å². The third-order valence-electron chi connectivity index (χ3n) is 3.68. The Bertz CT molecular complexity index is 950. The van der Waals surface area contributed by atoms with Gasteiger partial charge in [-0.1, -0.05) is 24.3 Å². The number of halogens is 7. The van der Waals surface area contributed by atoms with Gasteiger partial charge in [-0.15, -0.1) is 0 Å². The fourth-order valence-corrected chi connectivity index (χ4v) is 2.25. The summed E-state index contributed by atoms with van der Waals surface area (Å²) >= 11 is 0. The zero-order valence-corrected chi connectivity index (χ0v) is 14.4. The summed E-state index contributed by atoms with van der Waals surface area (Å²) in [4.78, 5) is 2.98. The fraction of sp³-hybridized carbons (Fsp3) is 0.100. The Kier molecular flexibility index (Phi) is 7.03. The minimum Gasteiger partial charge on any atom is -0.294 e. The molecule has 0 heterocycles. The summed E-state index contributed by atoms with van der Waals surface area (Å²) in [6.45, 7) is 0.919. The van der Waals surface area contributed by atoms with E-state index < -0.39 is 41.5 Å². The van der Waals surface area contributed by atoms with Gasteiger partial charge in [0.25, 0.3) is 0 Å². The van der Waals surface area contributed by atoms with E-state index in [2.05, 4.69) is 4.94 Å². The van der Waals surface area contributed by atoms with Gasteiger partial charge in [0.15, 0.2) is 23.2 Å². The summed E-state index contributed by atoms with van der Waals surface area (Å²) in [7, 11) is 0. The molecule has 1 nitrogen and oxygen atoms in total. The van der Waals surface area contributed by atoms with Crippen LogP contribution in [0.1, 0.15) is 11.1 Å². The van der Waals surface area contributed by atoms with Crippen LogP contribution in [0.5, 0.6) is 5.75 Å². The molecule has 0 N–H and O–H groups in total. The Morgan fingerprint density at radius 3 is 1.89 bits per heavy atom. The van der Waals surface area contributed by atoms with Gasteiger partial charge in [-0.2, -0.15) is 0 Å². The van der Waals surface area contributed by atoms with Crippen LogP contribution in [0, 0.1) is 36.0 Å². The maximum atomic E-state index is 13.7. The van der Waals surface area contributed by atoms with E-state index in [1.54, 1.807) is 19.1 Å². The molecule has 0 aliphatic rings. The summed E-state index contributed by atoms with van der Waals surface area (Å²) in [6, 6.07) is 9.54. The molecule has 0 spiro atoms. The first kappa shape index (κ1) is 21.3. The highest BCUT2D eigenvalue weighted by Crippen LogP contribution is 2.25. The molecule has 8 heteroatoms. The lowest BCUT2D eigenvalue weighted by atomic mass is 10.0. The summed E-state index contributed by atoms with van der Waals surface area (Å²) in [5.41, 5.74) is 1.52. The number of hydrogen-bond acceptors (Lipinski definition) is 1. The average molecular weight is 402 g/mol. The smallest absolute Gasteiger partial charge is 0.194 e. The van der Waals surface area contributed by atoms with Gasteiger partial charge in [0, 0.05) is 27.8 Å². The number of aryl methyl sites for hydroxylation is 1. The van der Waals surface area contributed by atoms with Crippen molar-refractivity contribution in [1.82, 2.24) is 0 Å². The molecule has 0 saturated carbocycles.